The first-order valence-electron chi connectivity index (χ1n) is 6.23. The highest BCUT2D eigenvalue weighted by atomic mass is 15.3. The molecule has 0 saturated carbocycles. The number of aryl methyl sites for hydroxylation is 2. The fraction of sp³-hybridized carbons (Fsp3) is 0.667. The second kappa shape index (κ2) is 5.74. The van der Waals surface area contributed by atoms with Gasteiger partial charge in [-0.15, -0.1) is 5.10 Å². The Labute approximate surface area is 107 Å². The zero-order valence-electron chi connectivity index (χ0n) is 10.8. The van der Waals surface area contributed by atoms with Crippen LogP contribution < -0.4 is 5.32 Å². The molecular formula is C12H18N6. The van der Waals surface area contributed by atoms with Gasteiger partial charge in [-0.2, -0.15) is 10.4 Å². The van der Waals surface area contributed by atoms with Crippen LogP contribution in [0.1, 0.15) is 24.2 Å². The maximum absolute atomic E-state index is 8.64. The van der Waals surface area contributed by atoms with Gasteiger partial charge >= 0.3 is 0 Å². The molecule has 96 valence electrons. The number of likely N-dealkylation sites (tertiary alicyclic amines) is 1. The molecule has 0 unspecified atom stereocenters. The number of hydrogen-bond acceptors (Lipinski definition) is 6. The van der Waals surface area contributed by atoms with Crippen LogP contribution in [0, 0.1) is 25.2 Å². The van der Waals surface area contributed by atoms with Gasteiger partial charge in [0, 0.05) is 19.1 Å². The normalized spacial score (nSPS) is 17.4. The average molecular weight is 246 g/mol. The average Bonchev–Trinajstić information content (AvgIpc) is 2.37. The number of nitrogens with zero attached hydrogens (tertiary/aromatic N) is 5. The zero-order chi connectivity index (χ0) is 13.0. The molecule has 1 N–H and O–H groups in total. The monoisotopic (exact) mass is 246 g/mol. The summed E-state index contributed by atoms with van der Waals surface area (Å²) in [6, 6.07) is 2.57. The van der Waals surface area contributed by atoms with Crippen molar-refractivity contribution >= 4 is 5.95 Å². The lowest BCUT2D eigenvalue weighted by molar-refractivity contribution is 0.242. The van der Waals surface area contributed by atoms with Crippen LogP contribution in [0.15, 0.2) is 0 Å². The maximum Gasteiger partial charge on any atom is 0.243 e. The van der Waals surface area contributed by atoms with Crippen molar-refractivity contribution in [2.24, 2.45) is 0 Å². The van der Waals surface area contributed by atoms with Crippen LogP contribution >= 0.6 is 0 Å². The lowest BCUT2D eigenvalue weighted by Crippen LogP contribution is -2.39. The number of hydrogen-bond donors (Lipinski definition) is 1. The second-order valence-corrected chi connectivity index (χ2v) is 4.66. The highest BCUT2D eigenvalue weighted by Gasteiger charge is 2.19. The first-order valence-corrected chi connectivity index (χ1v) is 6.23. The summed E-state index contributed by atoms with van der Waals surface area (Å²) in [5.41, 5.74) is 1.78. The molecule has 1 aliphatic rings. The van der Waals surface area contributed by atoms with Crippen molar-refractivity contribution in [2.75, 3.05) is 25.0 Å². The van der Waals surface area contributed by atoms with E-state index < -0.39 is 0 Å². The molecule has 0 bridgehead atoms. The van der Waals surface area contributed by atoms with Crippen LogP contribution in [0.4, 0.5) is 5.95 Å². The second-order valence-electron chi connectivity index (χ2n) is 4.66. The molecule has 6 heteroatoms. The Bertz CT molecular complexity index is 444. The van der Waals surface area contributed by atoms with Crippen LogP contribution in [0.25, 0.3) is 0 Å². The van der Waals surface area contributed by atoms with E-state index in [0.29, 0.717) is 18.5 Å². The molecule has 0 spiro atoms. The van der Waals surface area contributed by atoms with Gasteiger partial charge in [0.05, 0.1) is 24.0 Å². The van der Waals surface area contributed by atoms with Crippen LogP contribution in [0.3, 0.4) is 0 Å². The summed E-state index contributed by atoms with van der Waals surface area (Å²) in [5.74, 6) is 0.608. The van der Waals surface area contributed by atoms with Gasteiger partial charge in [-0.3, -0.25) is 4.90 Å². The van der Waals surface area contributed by atoms with Gasteiger partial charge < -0.3 is 5.32 Å². The van der Waals surface area contributed by atoms with E-state index in [2.05, 4.69) is 31.5 Å². The van der Waals surface area contributed by atoms with Crippen molar-refractivity contribution in [3.8, 4) is 6.07 Å². The molecular weight excluding hydrogens is 228 g/mol. The maximum atomic E-state index is 8.64. The smallest absolute Gasteiger partial charge is 0.243 e. The summed E-state index contributed by atoms with van der Waals surface area (Å²) in [7, 11) is 0. The van der Waals surface area contributed by atoms with Crippen molar-refractivity contribution in [1.82, 2.24) is 20.1 Å². The number of anilines is 1. The minimum absolute atomic E-state index is 0.379. The van der Waals surface area contributed by atoms with Gasteiger partial charge in [0.25, 0.3) is 0 Å². The molecule has 1 aromatic heterocycles. The number of rotatable bonds is 3. The van der Waals surface area contributed by atoms with Crippen LogP contribution in [0.2, 0.25) is 0 Å². The summed E-state index contributed by atoms with van der Waals surface area (Å²) in [6.45, 7) is 6.26. The van der Waals surface area contributed by atoms with Crippen molar-refractivity contribution in [3.05, 3.63) is 11.4 Å². The van der Waals surface area contributed by atoms with Gasteiger partial charge in [0.2, 0.25) is 5.95 Å². The highest BCUT2D eigenvalue weighted by Crippen LogP contribution is 2.13. The van der Waals surface area contributed by atoms with Crippen molar-refractivity contribution in [2.45, 2.75) is 32.7 Å². The molecule has 18 heavy (non-hydrogen) atoms. The van der Waals surface area contributed by atoms with Crippen LogP contribution in [0.5, 0.6) is 0 Å². The first kappa shape index (κ1) is 12.7. The fourth-order valence-electron chi connectivity index (χ4n) is 2.04. The molecule has 2 heterocycles. The van der Waals surface area contributed by atoms with Crippen LogP contribution in [-0.4, -0.2) is 45.8 Å². The van der Waals surface area contributed by atoms with Crippen molar-refractivity contribution in [1.29, 1.82) is 5.26 Å². The van der Waals surface area contributed by atoms with Gasteiger partial charge in [-0.25, -0.2) is 4.98 Å². The fourth-order valence-corrected chi connectivity index (χ4v) is 2.04. The number of piperidine rings is 1. The molecule has 0 radical (unpaired) electrons. The van der Waals surface area contributed by atoms with Crippen molar-refractivity contribution in [3.63, 3.8) is 0 Å². The third-order valence-electron chi connectivity index (χ3n) is 3.31. The molecule has 1 saturated heterocycles. The quantitative estimate of drug-likeness (QED) is 0.798. The Kier molecular flexibility index (Phi) is 4.05. The standard InChI is InChI=1S/C12H18N6/c1-9-10(2)16-17-12(14-9)15-11-3-6-18(7-4-11)8-5-13/h11H,3-4,6-8H2,1-2H3,(H,14,15,17). The van der Waals surface area contributed by atoms with Gasteiger partial charge in [0.1, 0.15) is 0 Å². The molecule has 0 atom stereocenters. The SMILES string of the molecule is Cc1nnc(NC2CCN(CC#N)CC2)nc1C. The Morgan fingerprint density at radius 1 is 1.28 bits per heavy atom. The zero-order valence-corrected chi connectivity index (χ0v) is 10.8. The molecule has 0 aromatic carbocycles. The van der Waals surface area contributed by atoms with E-state index in [1.807, 2.05) is 13.8 Å². The minimum Gasteiger partial charge on any atom is -0.350 e. The predicted octanol–water partition coefficient (Wildman–Crippen LogP) is 0.888. The van der Waals surface area contributed by atoms with E-state index in [1.54, 1.807) is 0 Å². The lowest BCUT2D eigenvalue weighted by atomic mass is 10.1. The predicted molar refractivity (Wildman–Crippen MR) is 68.0 cm³/mol. The molecule has 1 fully saturated rings. The molecule has 1 aromatic rings. The Hall–Kier alpha value is -1.74. The van der Waals surface area contributed by atoms with Crippen molar-refractivity contribution < 1.29 is 0 Å². The molecule has 0 aliphatic carbocycles. The van der Waals surface area contributed by atoms with E-state index in [1.165, 1.54) is 0 Å². The van der Waals surface area contributed by atoms with Gasteiger partial charge in [-0.1, -0.05) is 0 Å². The third-order valence-corrected chi connectivity index (χ3v) is 3.31. The summed E-state index contributed by atoms with van der Waals surface area (Å²) in [6.07, 6.45) is 2.02. The van der Waals surface area contributed by atoms with E-state index in [0.717, 1.165) is 37.3 Å². The summed E-state index contributed by atoms with van der Waals surface area (Å²) in [4.78, 5) is 6.54. The Balaban J connectivity index is 1.88. The Morgan fingerprint density at radius 3 is 2.61 bits per heavy atom. The molecule has 2 rings (SSSR count). The van der Waals surface area contributed by atoms with E-state index in [4.69, 9.17) is 5.26 Å². The first-order chi connectivity index (χ1) is 8.69. The van der Waals surface area contributed by atoms with E-state index in [-0.39, 0.29) is 0 Å². The number of aromatic nitrogens is 3. The summed E-state index contributed by atoms with van der Waals surface area (Å²) < 4.78 is 0. The van der Waals surface area contributed by atoms with Gasteiger partial charge in [-0.05, 0) is 26.7 Å². The number of nitriles is 1. The topological polar surface area (TPSA) is 77.7 Å². The van der Waals surface area contributed by atoms with Crippen LogP contribution in [-0.2, 0) is 0 Å². The summed E-state index contributed by atoms with van der Waals surface area (Å²) in [5, 5.41) is 20.1. The van der Waals surface area contributed by atoms with E-state index >= 15 is 0 Å². The summed E-state index contributed by atoms with van der Waals surface area (Å²) >= 11 is 0. The molecule has 1 aliphatic heterocycles. The third kappa shape index (κ3) is 3.14. The highest BCUT2D eigenvalue weighted by molar-refractivity contribution is 5.26. The molecule has 0 amide bonds. The minimum atomic E-state index is 0.379. The van der Waals surface area contributed by atoms with E-state index in [9.17, 15) is 0 Å². The Morgan fingerprint density at radius 2 is 2.00 bits per heavy atom. The number of nitrogens with one attached hydrogen (secondary N) is 1. The molecule has 6 nitrogen and oxygen atoms in total. The lowest BCUT2D eigenvalue weighted by Gasteiger charge is -2.30. The van der Waals surface area contributed by atoms with Gasteiger partial charge in [0.15, 0.2) is 0 Å². The largest absolute Gasteiger partial charge is 0.350 e.